The van der Waals surface area contributed by atoms with Crippen molar-refractivity contribution in [3.05, 3.63) is 85.7 Å². The zero-order valence-electron chi connectivity index (χ0n) is 18.7. The van der Waals surface area contributed by atoms with Crippen LogP contribution in [0, 0.1) is 5.92 Å². The SMILES string of the molecule is COCCOc1ccc(/N=c2\[nH]c(=O)n(C[C@H](C)C(=O)O)c(=O)n2Cc2ccc(Cl)cc2)cc1. The molecule has 10 nitrogen and oxygen atoms in total. The van der Waals surface area contributed by atoms with E-state index < -0.39 is 23.3 Å². The number of aromatic amines is 1. The van der Waals surface area contributed by atoms with Gasteiger partial charge in [-0.1, -0.05) is 30.7 Å². The summed E-state index contributed by atoms with van der Waals surface area (Å²) in [5.41, 5.74) is -0.170. The Balaban J connectivity index is 2.06. The number of hydrogen-bond acceptors (Lipinski definition) is 6. The third kappa shape index (κ3) is 6.46. The predicted octanol–water partition coefficient (Wildman–Crippen LogP) is 2.02. The van der Waals surface area contributed by atoms with Crippen LogP contribution in [0.3, 0.4) is 0 Å². The van der Waals surface area contributed by atoms with Gasteiger partial charge in [-0.3, -0.25) is 14.3 Å². The van der Waals surface area contributed by atoms with Gasteiger partial charge < -0.3 is 14.6 Å². The number of nitrogens with one attached hydrogen (secondary N) is 1. The normalized spacial score (nSPS) is 12.5. The van der Waals surface area contributed by atoms with Crippen LogP contribution in [0.15, 0.2) is 63.1 Å². The highest BCUT2D eigenvalue weighted by molar-refractivity contribution is 6.30. The Hall–Kier alpha value is -3.63. The number of H-pyrrole nitrogens is 1. The van der Waals surface area contributed by atoms with Gasteiger partial charge in [-0.25, -0.2) is 19.1 Å². The number of carboxylic acids is 1. The Morgan fingerprint density at radius 2 is 1.76 bits per heavy atom. The van der Waals surface area contributed by atoms with E-state index in [2.05, 4.69) is 9.98 Å². The molecule has 3 rings (SSSR count). The van der Waals surface area contributed by atoms with Crippen molar-refractivity contribution in [2.75, 3.05) is 20.3 Å². The van der Waals surface area contributed by atoms with Crippen LogP contribution >= 0.6 is 11.6 Å². The summed E-state index contributed by atoms with van der Waals surface area (Å²) in [6.45, 7) is 2.08. The summed E-state index contributed by atoms with van der Waals surface area (Å²) in [6, 6.07) is 13.7. The third-order valence-electron chi connectivity index (χ3n) is 4.94. The quantitative estimate of drug-likeness (QED) is 0.420. The summed E-state index contributed by atoms with van der Waals surface area (Å²) in [5, 5.41) is 9.76. The van der Waals surface area contributed by atoms with E-state index in [1.54, 1.807) is 55.6 Å². The highest BCUT2D eigenvalue weighted by Crippen LogP contribution is 2.17. The van der Waals surface area contributed by atoms with Gasteiger partial charge in [0, 0.05) is 18.7 Å². The average Bonchev–Trinajstić information content (AvgIpc) is 2.81. The van der Waals surface area contributed by atoms with E-state index in [1.807, 2.05) is 0 Å². The minimum absolute atomic E-state index is 0.0252. The fourth-order valence-corrected chi connectivity index (χ4v) is 3.18. The molecule has 3 aromatic rings. The molecule has 11 heteroatoms. The van der Waals surface area contributed by atoms with Gasteiger partial charge in [0.2, 0.25) is 5.62 Å². The second-order valence-corrected chi connectivity index (χ2v) is 7.98. The first-order valence-electron chi connectivity index (χ1n) is 10.5. The maximum atomic E-state index is 13.2. The highest BCUT2D eigenvalue weighted by atomic mass is 35.5. The smallest absolute Gasteiger partial charge is 0.335 e. The lowest BCUT2D eigenvalue weighted by molar-refractivity contribution is -0.141. The molecule has 0 radical (unpaired) electrons. The molecular formula is C23H25ClN4O6. The van der Waals surface area contributed by atoms with E-state index in [0.717, 1.165) is 10.1 Å². The molecule has 0 spiro atoms. The van der Waals surface area contributed by atoms with Crippen molar-refractivity contribution in [1.82, 2.24) is 14.1 Å². The molecule has 0 aliphatic carbocycles. The predicted molar refractivity (Wildman–Crippen MR) is 126 cm³/mol. The van der Waals surface area contributed by atoms with Crippen LogP contribution in [0.4, 0.5) is 5.69 Å². The Morgan fingerprint density at radius 3 is 2.38 bits per heavy atom. The van der Waals surface area contributed by atoms with Crippen molar-refractivity contribution < 1.29 is 19.4 Å². The van der Waals surface area contributed by atoms with Crippen LogP contribution in [-0.2, 0) is 22.6 Å². The second kappa shape index (κ2) is 11.5. The van der Waals surface area contributed by atoms with Crippen LogP contribution in [-0.4, -0.2) is 45.5 Å². The first kappa shape index (κ1) is 25.0. The largest absolute Gasteiger partial charge is 0.491 e. The molecule has 1 aromatic heterocycles. The number of carbonyl (C=O) groups is 1. The van der Waals surface area contributed by atoms with Gasteiger partial charge in [0.25, 0.3) is 0 Å². The fourth-order valence-electron chi connectivity index (χ4n) is 3.05. The van der Waals surface area contributed by atoms with E-state index in [9.17, 15) is 19.5 Å². The lowest BCUT2D eigenvalue weighted by atomic mass is 10.2. The Kier molecular flexibility index (Phi) is 8.44. The highest BCUT2D eigenvalue weighted by Gasteiger charge is 2.17. The molecule has 0 bridgehead atoms. The van der Waals surface area contributed by atoms with Crippen molar-refractivity contribution in [3.63, 3.8) is 0 Å². The number of aromatic nitrogens is 3. The molecule has 180 valence electrons. The van der Waals surface area contributed by atoms with Crippen molar-refractivity contribution in [2.24, 2.45) is 10.9 Å². The molecule has 34 heavy (non-hydrogen) atoms. The van der Waals surface area contributed by atoms with Gasteiger partial charge in [-0.05, 0) is 42.0 Å². The van der Waals surface area contributed by atoms with E-state index in [4.69, 9.17) is 21.1 Å². The zero-order valence-corrected chi connectivity index (χ0v) is 19.5. The van der Waals surface area contributed by atoms with Crippen LogP contribution in [0.2, 0.25) is 5.02 Å². The number of nitrogens with zero attached hydrogens (tertiary/aromatic N) is 3. The molecule has 0 fully saturated rings. The summed E-state index contributed by atoms with van der Waals surface area (Å²) in [5.74, 6) is -1.43. The zero-order chi connectivity index (χ0) is 24.7. The minimum atomic E-state index is -1.11. The van der Waals surface area contributed by atoms with Crippen molar-refractivity contribution >= 4 is 23.3 Å². The van der Waals surface area contributed by atoms with Crippen LogP contribution < -0.4 is 21.7 Å². The van der Waals surface area contributed by atoms with Crippen LogP contribution in [0.25, 0.3) is 0 Å². The number of methoxy groups -OCH3 is 1. The van der Waals surface area contributed by atoms with Crippen molar-refractivity contribution in [2.45, 2.75) is 20.0 Å². The molecule has 1 atom stereocenters. The van der Waals surface area contributed by atoms with Gasteiger partial charge in [-0.2, -0.15) is 0 Å². The topological polar surface area (TPSA) is 128 Å². The van der Waals surface area contributed by atoms with Gasteiger partial charge in [-0.15, -0.1) is 0 Å². The molecule has 0 aliphatic rings. The summed E-state index contributed by atoms with van der Waals surface area (Å²) in [7, 11) is 1.58. The lowest BCUT2D eigenvalue weighted by Gasteiger charge is -2.13. The van der Waals surface area contributed by atoms with E-state index in [0.29, 0.717) is 29.7 Å². The van der Waals surface area contributed by atoms with Gasteiger partial charge in [0.1, 0.15) is 12.4 Å². The number of hydrogen-bond donors (Lipinski definition) is 2. The second-order valence-electron chi connectivity index (χ2n) is 7.55. The van der Waals surface area contributed by atoms with Gasteiger partial charge >= 0.3 is 17.3 Å². The minimum Gasteiger partial charge on any atom is -0.491 e. The summed E-state index contributed by atoms with van der Waals surface area (Å²) < 4.78 is 12.6. The number of ether oxygens (including phenoxy) is 2. The lowest BCUT2D eigenvalue weighted by Crippen LogP contribution is -2.51. The van der Waals surface area contributed by atoms with Crippen LogP contribution in [0.1, 0.15) is 12.5 Å². The van der Waals surface area contributed by atoms with E-state index in [1.165, 1.54) is 11.5 Å². The summed E-state index contributed by atoms with van der Waals surface area (Å²) in [6.07, 6.45) is 0. The maximum absolute atomic E-state index is 13.2. The van der Waals surface area contributed by atoms with E-state index in [-0.39, 0.29) is 18.7 Å². The molecule has 0 saturated heterocycles. The first-order valence-corrected chi connectivity index (χ1v) is 10.8. The Bertz CT molecular complexity index is 1310. The number of carboxylic acid groups (broad SMARTS) is 1. The molecule has 2 N–H and O–H groups in total. The Morgan fingerprint density at radius 1 is 1.09 bits per heavy atom. The molecule has 0 amide bonds. The molecule has 0 aliphatic heterocycles. The monoisotopic (exact) mass is 488 g/mol. The number of rotatable bonds is 10. The summed E-state index contributed by atoms with van der Waals surface area (Å²) >= 11 is 5.96. The van der Waals surface area contributed by atoms with E-state index >= 15 is 0 Å². The number of benzene rings is 2. The Labute approximate surface area is 199 Å². The fraction of sp³-hybridized carbons (Fsp3) is 0.304. The van der Waals surface area contributed by atoms with Crippen LogP contribution in [0.5, 0.6) is 5.75 Å². The molecule has 2 aromatic carbocycles. The first-order chi connectivity index (χ1) is 16.3. The maximum Gasteiger partial charge on any atom is 0.335 e. The van der Waals surface area contributed by atoms with Crippen molar-refractivity contribution in [3.8, 4) is 5.75 Å². The summed E-state index contributed by atoms with van der Waals surface area (Å²) in [4.78, 5) is 44.2. The van der Waals surface area contributed by atoms with Crippen molar-refractivity contribution in [1.29, 1.82) is 0 Å². The molecule has 0 unspecified atom stereocenters. The molecular weight excluding hydrogens is 464 g/mol. The average molecular weight is 489 g/mol. The standard InChI is InChI=1S/C23H25ClN4O6/c1-15(20(29)30)13-28-22(31)26-21(25-18-7-9-19(10-8-18)34-12-11-33-2)27(23(28)32)14-16-3-5-17(24)6-4-16/h3-10,15H,11-14H2,1-2H3,(H,29,30)(H,25,26,31)/t15-/m0/s1. The number of halogens is 1. The molecule has 0 saturated carbocycles. The number of aliphatic carboxylic acids is 1. The van der Waals surface area contributed by atoms with Gasteiger partial charge in [0.15, 0.2) is 0 Å². The molecule has 1 heterocycles. The third-order valence-corrected chi connectivity index (χ3v) is 5.19. The van der Waals surface area contributed by atoms with Gasteiger partial charge in [0.05, 0.1) is 24.8 Å².